The Bertz CT molecular complexity index is 522. The van der Waals surface area contributed by atoms with E-state index in [0.717, 1.165) is 0 Å². The quantitative estimate of drug-likeness (QED) is 0.898. The van der Waals surface area contributed by atoms with Gasteiger partial charge < -0.3 is 5.11 Å². The largest absolute Gasteiger partial charge is 0.421 e. The molecule has 0 aliphatic carbocycles. The predicted molar refractivity (Wildman–Crippen MR) is 66.5 cm³/mol. The lowest BCUT2D eigenvalue weighted by molar-refractivity contribution is -0.266. The summed E-state index contributed by atoms with van der Waals surface area (Å²) < 4.78 is 39.7. The number of hydrogen-bond acceptors (Lipinski definition) is 1. The van der Waals surface area contributed by atoms with Gasteiger partial charge in [0.15, 0.2) is 5.60 Å². The molecule has 1 N–H and O–H groups in total. The number of aliphatic hydroxyl groups is 1. The molecule has 0 saturated heterocycles. The Morgan fingerprint density at radius 3 is 1.74 bits per heavy atom. The van der Waals surface area contributed by atoms with Gasteiger partial charge in [-0.05, 0) is 11.1 Å². The smallest absolute Gasteiger partial charge is 0.376 e. The van der Waals surface area contributed by atoms with E-state index in [1.807, 2.05) is 0 Å². The lowest BCUT2D eigenvalue weighted by atomic mass is 9.86. The molecule has 0 fully saturated rings. The SMILES string of the molecule is O[C@](Cc1ccccc1)(c1ccccc1)C(F)(F)F. The Morgan fingerprint density at radius 2 is 1.26 bits per heavy atom. The van der Waals surface area contributed by atoms with E-state index < -0.39 is 18.2 Å². The molecule has 0 aliphatic heterocycles. The summed E-state index contributed by atoms with van der Waals surface area (Å²) >= 11 is 0. The molecule has 2 aromatic rings. The van der Waals surface area contributed by atoms with Gasteiger partial charge >= 0.3 is 6.18 Å². The summed E-state index contributed by atoms with van der Waals surface area (Å²) in [6.45, 7) is 0. The van der Waals surface area contributed by atoms with Crippen LogP contribution in [0.3, 0.4) is 0 Å². The molecule has 0 radical (unpaired) electrons. The topological polar surface area (TPSA) is 20.2 Å². The first kappa shape index (κ1) is 13.6. The van der Waals surface area contributed by atoms with Crippen molar-refractivity contribution >= 4 is 0 Å². The van der Waals surface area contributed by atoms with E-state index in [1.54, 1.807) is 36.4 Å². The molecule has 0 aromatic heterocycles. The monoisotopic (exact) mass is 266 g/mol. The van der Waals surface area contributed by atoms with Crippen LogP contribution in [0.2, 0.25) is 0 Å². The molecule has 0 bridgehead atoms. The van der Waals surface area contributed by atoms with Crippen LogP contribution in [0.1, 0.15) is 11.1 Å². The minimum atomic E-state index is -4.73. The molecule has 1 atom stereocenters. The fourth-order valence-corrected chi connectivity index (χ4v) is 1.97. The average molecular weight is 266 g/mol. The van der Waals surface area contributed by atoms with Crippen LogP contribution in [0, 0.1) is 0 Å². The van der Waals surface area contributed by atoms with E-state index in [2.05, 4.69) is 0 Å². The Kier molecular flexibility index (Phi) is 3.62. The lowest BCUT2D eigenvalue weighted by Gasteiger charge is -2.31. The molecule has 2 rings (SSSR count). The summed E-state index contributed by atoms with van der Waals surface area (Å²) in [7, 11) is 0. The minimum absolute atomic E-state index is 0.147. The minimum Gasteiger partial charge on any atom is -0.376 e. The van der Waals surface area contributed by atoms with Gasteiger partial charge in [0.05, 0.1) is 0 Å². The van der Waals surface area contributed by atoms with Gasteiger partial charge in [0.25, 0.3) is 0 Å². The molecule has 0 heterocycles. The van der Waals surface area contributed by atoms with E-state index in [1.165, 1.54) is 24.3 Å². The van der Waals surface area contributed by atoms with Crippen molar-refractivity contribution < 1.29 is 18.3 Å². The van der Waals surface area contributed by atoms with Crippen molar-refractivity contribution in [1.82, 2.24) is 0 Å². The molecule has 0 spiro atoms. The third kappa shape index (κ3) is 2.79. The zero-order valence-electron chi connectivity index (χ0n) is 10.1. The second-order valence-corrected chi connectivity index (χ2v) is 4.39. The van der Waals surface area contributed by atoms with Crippen LogP contribution < -0.4 is 0 Å². The fourth-order valence-electron chi connectivity index (χ4n) is 1.97. The standard InChI is InChI=1S/C15H13F3O/c16-15(17,18)14(19,13-9-5-2-6-10-13)11-12-7-3-1-4-8-12/h1-10,19H,11H2/t14-/m1/s1. The highest BCUT2D eigenvalue weighted by molar-refractivity contribution is 5.28. The number of rotatable bonds is 3. The van der Waals surface area contributed by atoms with Crippen molar-refractivity contribution in [3.8, 4) is 0 Å². The van der Waals surface area contributed by atoms with Crippen LogP contribution in [0.5, 0.6) is 0 Å². The summed E-state index contributed by atoms with van der Waals surface area (Å²) in [6, 6.07) is 15.3. The summed E-state index contributed by atoms with van der Waals surface area (Å²) in [5, 5.41) is 10.1. The first-order chi connectivity index (χ1) is 8.93. The maximum Gasteiger partial charge on any atom is 0.421 e. The van der Waals surface area contributed by atoms with Crippen LogP contribution >= 0.6 is 0 Å². The molecule has 2 aromatic carbocycles. The van der Waals surface area contributed by atoms with Gasteiger partial charge in [0.1, 0.15) is 0 Å². The molecule has 0 aliphatic rings. The second kappa shape index (κ2) is 5.05. The van der Waals surface area contributed by atoms with Crippen molar-refractivity contribution in [2.75, 3.05) is 0 Å². The molecular weight excluding hydrogens is 253 g/mol. The van der Waals surface area contributed by atoms with E-state index >= 15 is 0 Å². The summed E-state index contributed by atoms with van der Waals surface area (Å²) in [5.41, 5.74) is -2.58. The molecule has 100 valence electrons. The van der Waals surface area contributed by atoms with Gasteiger partial charge in [-0.3, -0.25) is 0 Å². The van der Waals surface area contributed by atoms with Gasteiger partial charge in [0.2, 0.25) is 0 Å². The number of hydrogen-bond donors (Lipinski definition) is 1. The van der Waals surface area contributed by atoms with Gasteiger partial charge in [-0.1, -0.05) is 60.7 Å². The predicted octanol–water partition coefficient (Wildman–Crippen LogP) is 3.68. The van der Waals surface area contributed by atoms with Crippen molar-refractivity contribution in [3.05, 3.63) is 71.8 Å². The van der Waals surface area contributed by atoms with E-state index in [0.29, 0.717) is 5.56 Å². The molecular formula is C15H13F3O. The second-order valence-electron chi connectivity index (χ2n) is 4.39. The Morgan fingerprint density at radius 1 is 0.789 bits per heavy atom. The summed E-state index contributed by atoms with van der Waals surface area (Å²) in [6.07, 6.45) is -5.23. The number of alkyl halides is 3. The molecule has 0 saturated carbocycles. The molecule has 1 nitrogen and oxygen atoms in total. The van der Waals surface area contributed by atoms with Crippen molar-refractivity contribution in [2.24, 2.45) is 0 Å². The molecule has 0 amide bonds. The normalized spacial score (nSPS) is 14.9. The van der Waals surface area contributed by atoms with Gasteiger partial charge in [-0.15, -0.1) is 0 Å². The van der Waals surface area contributed by atoms with E-state index in [4.69, 9.17) is 0 Å². The number of benzene rings is 2. The maximum atomic E-state index is 13.2. The maximum absolute atomic E-state index is 13.2. The van der Waals surface area contributed by atoms with Gasteiger partial charge in [-0.2, -0.15) is 13.2 Å². The highest BCUT2D eigenvalue weighted by Crippen LogP contribution is 2.41. The van der Waals surface area contributed by atoms with E-state index in [9.17, 15) is 18.3 Å². The van der Waals surface area contributed by atoms with Crippen LogP contribution in [-0.4, -0.2) is 11.3 Å². The van der Waals surface area contributed by atoms with Gasteiger partial charge in [0, 0.05) is 6.42 Å². The van der Waals surface area contributed by atoms with Gasteiger partial charge in [-0.25, -0.2) is 0 Å². The molecule has 4 heteroatoms. The first-order valence-corrected chi connectivity index (χ1v) is 5.82. The van der Waals surface area contributed by atoms with Crippen molar-refractivity contribution in [1.29, 1.82) is 0 Å². The van der Waals surface area contributed by atoms with E-state index in [-0.39, 0.29) is 5.56 Å². The first-order valence-electron chi connectivity index (χ1n) is 5.82. The van der Waals surface area contributed by atoms with Crippen molar-refractivity contribution in [2.45, 2.75) is 18.2 Å². The number of halogens is 3. The fraction of sp³-hybridized carbons (Fsp3) is 0.200. The highest BCUT2D eigenvalue weighted by Gasteiger charge is 2.54. The molecule has 19 heavy (non-hydrogen) atoms. The summed E-state index contributed by atoms with van der Waals surface area (Å²) in [5.74, 6) is 0. The van der Waals surface area contributed by atoms with Crippen LogP contribution in [0.4, 0.5) is 13.2 Å². The third-order valence-electron chi connectivity index (χ3n) is 3.02. The van der Waals surface area contributed by atoms with Crippen LogP contribution in [0.25, 0.3) is 0 Å². The van der Waals surface area contributed by atoms with Crippen molar-refractivity contribution in [3.63, 3.8) is 0 Å². The average Bonchev–Trinajstić information content (AvgIpc) is 2.39. The summed E-state index contributed by atoms with van der Waals surface area (Å²) in [4.78, 5) is 0. The Hall–Kier alpha value is -1.81. The Labute approximate surface area is 109 Å². The molecule has 0 unspecified atom stereocenters. The van der Waals surface area contributed by atoms with Crippen LogP contribution in [0.15, 0.2) is 60.7 Å². The highest BCUT2D eigenvalue weighted by atomic mass is 19.4. The zero-order valence-corrected chi connectivity index (χ0v) is 10.1. The Balaban J connectivity index is 2.42. The zero-order chi connectivity index (χ0) is 13.9. The van der Waals surface area contributed by atoms with Crippen LogP contribution in [-0.2, 0) is 12.0 Å². The third-order valence-corrected chi connectivity index (χ3v) is 3.02. The lowest BCUT2D eigenvalue weighted by Crippen LogP contribution is -2.44.